The monoisotopic (exact) mass is 338 g/mol. The Hall–Kier alpha value is -1.41. The fourth-order valence-electron chi connectivity index (χ4n) is 2.94. The normalized spacial score (nSPS) is 15.2. The SMILES string of the molecule is C[Si](C)(C)C(C(=O)O)c1cccc(C(C(=O)O)[Si](C)(C)C)c1. The molecule has 0 aliphatic rings. The van der Waals surface area contributed by atoms with Crippen molar-refractivity contribution in [3.8, 4) is 0 Å². The van der Waals surface area contributed by atoms with Crippen molar-refractivity contribution in [2.24, 2.45) is 0 Å². The number of carboxylic acid groups (broad SMARTS) is 2. The van der Waals surface area contributed by atoms with Gasteiger partial charge in [-0.15, -0.1) is 0 Å². The van der Waals surface area contributed by atoms with Crippen molar-refractivity contribution in [1.29, 1.82) is 0 Å². The largest absolute Gasteiger partial charge is 0.481 e. The molecule has 0 saturated heterocycles. The molecule has 0 radical (unpaired) electrons. The highest BCUT2D eigenvalue weighted by Gasteiger charge is 2.37. The molecule has 0 amide bonds. The Morgan fingerprint density at radius 3 is 1.36 bits per heavy atom. The van der Waals surface area contributed by atoms with Crippen LogP contribution in [0.3, 0.4) is 0 Å². The van der Waals surface area contributed by atoms with E-state index in [0.717, 1.165) is 11.1 Å². The van der Waals surface area contributed by atoms with Gasteiger partial charge in [0.15, 0.2) is 0 Å². The van der Waals surface area contributed by atoms with Gasteiger partial charge in [-0.3, -0.25) is 9.59 Å². The molecule has 2 unspecified atom stereocenters. The molecule has 122 valence electrons. The standard InChI is InChI=1S/C16H26O4Si2/c1-21(2,3)13(15(17)18)11-8-7-9-12(10-11)14(16(19)20)22(4,5)6/h7-10,13-14H,1-6H3,(H,17,18)(H,19,20). The van der Waals surface area contributed by atoms with E-state index in [4.69, 9.17) is 0 Å². The van der Waals surface area contributed by atoms with E-state index < -0.39 is 39.2 Å². The molecular formula is C16H26O4Si2. The minimum absolute atomic E-state index is 0.525. The van der Waals surface area contributed by atoms with Crippen molar-refractivity contribution in [3.63, 3.8) is 0 Å². The second kappa shape index (κ2) is 6.38. The minimum Gasteiger partial charge on any atom is -0.481 e. The number of hydrogen-bond acceptors (Lipinski definition) is 2. The van der Waals surface area contributed by atoms with Gasteiger partial charge in [0, 0.05) is 0 Å². The number of benzene rings is 1. The zero-order chi connectivity index (χ0) is 17.3. The van der Waals surface area contributed by atoms with Crippen molar-refractivity contribution in [3.05, 3.63) is 35.4 Å². The zero-order valence-electron chi connectivity index (χ0n) is 14.2. The Morgan fingerprint density at radius 2 is 1.14 bits per heavy atom. The Balaban J connectivity index is 3.40. The first-order valence-electron chi connectivity index (χ1n) is 7.41. The topological polar surface area (TPSA) is 74.6 Å². The first kappa shape index (κ1) is 18.6. The average Bonchev–Trinajstić information content (AvgIpc) is 2.23. The summed E-state index contributed by atoms with van der Waals surface area (Å²) in [7, 11) is -3.91. The van der Waals surface area contributed by atoms with Crippen LogP contribution < -0.4 is 0 Å². The molecule has 1 aromatic rings. The lowest BCUT2D eigenvalue weighted by atomic mass is 10.1. The second-order valence-corrected chi connectivity index (χ2v) is 18.6. The van der Waals surface area contributed by atoms with Gasteiger partial charge in [0.25, 0.3) is 0 Å². The fraction of sp³-hybridized carbons (Fsp3) is 0.500. The van der Waals surface area contributed by atoms with Gasteiger partial charge in [-0.1, -0.05) is 63.5 Å². The van der Waals surface area contributed by atoms with E-state index in [1.165, 1.54) is 0 Å². The molecule has 0 aliphatic carbocycles. The zero-order valence-corrected chi connectivity index (χ0v) is 16.2. The molecule has 0 heterocycles. The molecule has 0 saturated carbocycles. The van der Waals surface area contributed by atoms with E-state index in [2.05, 4.69) is 0 Å². The highest BCUT2D eigenvalue weighted by Crippen LogP contribution is 2.32. The third kappa shape index (κ3) is 4.30. The Morgan fingerprint density at radius 1 is 0.818 bits per heavy atom. The van der Waals surface area contributed by atoms with Crippen LogP contribution in [-0.4, -0.2) is 38.3 Å². The van der Waals surface area contributed by atoms with Gasteiger partial charge < -0.3 is 10.2 Å². The number of aliphatic carboxylic acids is 2. The molecular weight excluding hydrogens is 312 g/mol. The summed E-state index contributed by atoms with van der Waals surface area (Å²) >= 11 is 0. The van der Waals surface area contributed by atoms with Gasteiger partial charge in [-0.2, -0.15) is 0 Å². The highest BCUT2D eigenvalue weighted by molar-refractivity contribution is 6.80. The van der Waals surface area contributed by atoms with E-state index in [1.807, 2.05) is 51.4 Å². The number of hydrogen-bond donors (Lipinski definition) is 2. The molecule has 0 bridgehead atoms. The van der Waals surface area contributed by atoms with Crippen LogP contribution in [-0.2, 0) is 9.59 Å². The average molecular weight is 339 g/mol. The van der Waals surface area contributed by atoms with E-state index in [-0.39, 0.29) is 0 Å². The lowest BCUT2D eigenvalue weighted by Gasteiger charge is -2.28. The summed E-state index contributed by atoms with van der Waals surface area (Å²) in [6.45, 7) is 12.1. The molecule has 2 atom stereocenters. The van der Waals surface area contributed by atoms with Crippen LogP contribution >= 0.6 is 0 Å². The molecule has 1 rings (SSSR count). The second-order valence-electron chi connectivity index (χ2n) is 7.94. The van der Waals surface area contributed by atoms with Crippen LogP contribution in [0.1, 0.15) is 22.2 Å². The van der Waals surface area contributed by atoms with Gasteiger partial charge in [-0.25, -0.2) is 0 Å². The summed E-state index contributed by atoms with van der Waals surface area (Å²) in [4.78, 5) is 23.4. The van der Waals surface area contributed by atoms with Crippen molar-refractivity contribution in [1.82, 2.24) is 0 Å². The fourth-order valence-corrected chi connectivity index (χ4v) is 6.78. The summed E-state index contributed by atoms with van der Waals surface area (Å²) in [6.07, 6.45) is 0. The van der Waals surface area contributed by atoms with Crippen molar-refractivity contribution >= 4 is 28.1 Å². The summed E-state index contributed by atoms with van der Waals surface area (Å²) in [6, 6.07) is 7.21. The Kier molecular flexibility index (Phi) is 5.40. The Labute approximate surface area is 134 Å². The third-order valence-corrected chi connectivity index (χ3v) is 8.43. The summed E-state index contributed by atoms with van der Waals surface area (Å²) in [5, 5.41) is 19.2. The Bertz CT molecular complexity index is 523. The van der Waals surface area contributed by atoms with E-state index in [1.54, 1.807) is 12.1 Å². The van der Waals surface area contributed by atoms with Crippen LogP contribution in [0.2, 0.25) is 39.3 Å². The van der Waals surface area contributed by atoms with Gasteiger partial charge in [0.05, 0.1) is 27.2 Å². The van der Waals surface area contributed by atoms with E-state index in [9.17, 15) is 19.8 Å². The van der Waals surface area contributed by atoms with E-state index >= 15 is 0 Å². The molecule has 22 heavy (non-hydrogen) atoms. The lowest BCUT2D eigenvalue weighted by molar-refractivity contribution is -0.137. The van der Waals surface area contributed by atoms with Crippen LogP contribution in [0, 0.1) is 0 Å². The van der Waals surface area contributed by atoms with Gasteiger partial charge in [-0.05, 0) is 11.1 Å². The molecule has 6 heteroatoms. The van der Waals surface area contributed by atoms with Crippen LogP contribution in [0.25, 0.3) is 0 Å². The van der Waals surface area contributed by atoms with Crippen LogP contribution in [0.5, 0.6) is 0 Å². The van der Waals surface area contributed by atoms with Gasteiger partial charge >= 0.3 is 11.9 Å². The van der Waals surface area contributed by atoms with Crippen LogP contribution in [0.4, 0.5) is 0 Å². The third-order valence-electron chi connectivity index (χ3n) is 3.80. The molecule has 4 nitrogen and oxygen atoms in total. The van der Waals surface area contributed by atoms with E-state index in [0.29, 0.717) is 0 Å². The van der Waals surface area contributed by atoms with Crippen LogP contribution in [0.15, 0.2) is 24.3 Å². The first-order chi connectivity index (χ1) is 9.85. The predicted octanol–water partition coefficient (Wildman–Crippen LogP) is 3.78. The van der Waals surface area contributed by atoms with Crippen molar-refractivity contribution in [2.75, 3.05) is 0 Å². The number of rotatable bonds is 6. The minimum atomic E-state index is -1.96. The molecule has 0 aliphatic heterocycles. The molecule has 2 N–H and O–H groups in total. The maximum absolute atomic E-state index is 11.7. The summed E-state index contributed by atoms with van der Waals surface area (Å²) in [5.74, 6) is -1.65. The molecule has 0 spiro atoms. The molecule has 0 aromatic heterocycles. The number of carbonyl (C=O) groups is 2. The molecule has 0 fully saturated rings. The van der Waals surface area contributed by atoms with Crippen molar-refractivity contribution < 1.29 is 19.8 Å². The highest BCUT2D eigenvalue weighted by atomic mass is 28.3. The first-order valence-corrected chi connectivity index (χ1v) is 14.6. The maximum Gasteiger partial charge on any atom is 0.308 e. The summed E-state index contributed by atoms with van der Waals surface area (Å²) in [5.41, 5.74) is 0.411. The quantitative estimate of drug-likeness (QED) is 0.774. The molecule has 1 aromatic carbocycles. The maximum atomic E-state index is 11.7. The van der Waals surface area contributed by atoms with Gasteiger partial charge in [0.2, 0.25) is 0 Å². The summed E-state index contributed by atoms with van der Waals surface area (Å²) < 4.78 is 0. The van der Waals surface area contributed by atoms with Crippen molar-refractivity contribution in [2.45, 2.75) is 50.4 Å². The smallest absolute Gasteiger partial charge is 0.308 e. The van der Waals surface area contributed by atoms with Gasteiger partial charge in [0.1, 0.15) is 0 Å². The predicted molar refractivity (Wildman–Crippen MR) is 93.9 cm³/mol. The lowest BCUT2D eigenvalue weighted by Crippen LogP contribution is -2.38. The number of carboxylic acids is 2.